The van der Waals surface area contributed by atoms with Crippen LogP contribution in [0.15, 0.2) is 81.7 Å². The summed E-state index contributed by atoms with van der Waals surface area (Å²) in [6.07, 6.45) is 5.56. The highest BCUT2D eigenvalue weighted by atomic mass is 32.2. The molecule has 2 aromatic rings. The lowest BCUT2D eigenvalue weighted by molar-refractivity contribution is -0.131. The zero-order valence-corrected chi connectivity index (χ0v) is 21.0. The van der Waals surface area contributed by atoms with Gasteiger partial charge in [0.05, 0.1) is 4.91 Å². The number of carbonyl (C=O) groups excluding carboxylic acids is 2. The molecule has 0 spiro atoms. The van der Waals surface area contributed by atoms with Crippen LogP contribution in [0, 0.1) is 0 Å². The van der Waals surface area contributed by atoms with Gasteiger partial charge < -0.3 is 10.2 Å². The normalized spacial score (nSPS) is 22.5. The van der Waals surface area contributed by atoms with Crippen molar-refractivity contribution in [2.75, 3.05) is 19.0 Å². The second-order valence-electron chi connectivity index (χ2n) is 8.01. The Morgan fingerprint density at radius 3 is 2.50 bits per heavy atom. The number of thioether (sulfide) groups is 2. The first-order chi connectivity index (χ1) is 16.3. The zero-order chi connectivity index (χ0) is 24.3. The van der Waals surface area contributed by atoms with E-state index in [4.69, 9.17) is 0 Å². The second kappa shape index (κ2) is 9.90. The van der Waals surface area contributed by atoms with Crippen molar-refractivity contribution in [1.29, 1.82) is 0 Å². The largest absolute Gasteiger partial charge is 0.378 e. The number of amides is 2. The number of hydrazone groups is 1. The predicted molar refractivity (Wildman–Crippen MR) is 142 cm³/mol. The fraction of sp³-hybridized carbons (Fsp3) is 0.200. The summed E-state index contributed by atoms with van der Waals surface area (Å²) in [4.78, 5) is 31.1. The maximum absolute atomic E-state index is 12.4. The van der Waals surface area contributed by atoms with E-state index in [1.807, 2.05) is 92.7 Å². The molecule has 2 aromatic carbocycles. The number of rotatable bonds is 4. The third-order valence-corrected chi connectivity index (χ3v) is 7.37. The molecule has 0 radical (unpaired) electrons. The van der Waals surface area contributed by atoms with Crippen LogP contribution in [-0.2, 0) is 14.5 Å². The first-order valence-electron chi connectivity index (χ1n) is 10.6. The molecule has 174 valence electrons. The smallest absolute Gasteiger partial charge is 0.264 e. The Labute approximate surface area is 207 Å². The Hall–Kier alpha value is -3.30. The third kappa shape index (κ3) is 5.10. The number of nitrogens with zero attached hydrogens (tertiary/aromatic N) is 4. The minimum atomic E-state index is -0.705. The standard InChI is InChI=1S/C25H25N5O2S2/c1-17(31)30-25(2,19-10-6-5-7-11-19)34-24(28-30)27-23-26-22(32)21(33-23)12-8-9-18-13-15-20(16-14-18)29(3)4/h5-16H,1-4H3,(H,26,27,28,32)/b9-8+,21-12-. The Balaban J connectivity index is 1.48. The number of nitrogens with one attached hydrogen (secondary N) is 1. The van der Waals surface area contributed by atoms with Gasteiger partial charge in [0.25, 0.3) is 5.91 Å². The van der Waals surface area contributed by atoms with Gasteiger partial charge in [0.1, 0.15) is 4.87 Å². The van der Waals surface area contributed by atoms with E-state index in [0.717, 1.165) is 16.8 Å². The van der Waals surface area contributed by atoms with Crippen LogP contribution >= 0.6 is 23.5 Å². The molecule has 1 N–H and O–H groups in total. The maximum Gasteiger partial charge on any atom is 0.264 e. The van der Waals surface area contributed by atoms with Crippen LogP contribution in [0.5, 0.6) is 0 Å². The molecular weight excluding hydrogens is 466 g/mol. The molecule has 1 atom stereocenters. The van der Waals surface area contributed by atoms with Crippen molar-refractivity contribution in [3.63, 3.8) is 0 Å². The molecule has 9 heteroatoms. The number of amidine groups is 2. The summed E-state index contributed by atoms with van der Waals surface area (Å²) in [6.45, 7) is 3.42. The quantitative estimate of drug-likeness (QED) is 0.632. The van der Waals surface area contributed by atoms with E-state index in [1.165, 1.54) is 35.5 Å². The first kappa shape index (κ1) is 23.8. The number of aliphatic imine (C=N–C) groups is 1. The molecule has 0 bridgehead atoms. The van der Waals surface area contributed by atoms with Crippen LogP contribution in [0.4, 0.5) is 5.69 Å². The van der Waals surface area contributed by atoms with Gasteiger partial charge >= 0.3 is 0 Å². The highest BCUT2D eigenvalue weighted by Gasteiger charge is 2.44. The Bertz CT molecular complexity index is 1220. The van der Waals surface area contributed by atoms with E-state index in [-0.39, 0.29) is 11.8 Å². The third-order valence-electron chi connectivity index (χ3n) is 5.28. The van der Waals surface area contributed by atoms with Crippen molar-refractivity contribution in [2.24, 2.45) is 10.1 Å². The molecule has 2 aliphatic rings. The van der Waals surface area contributed by atoms with Gasteiger partial charge in [-0.25, -0.2) is 5.01 Å². The van der Waals surface area contributed by atoms with Gasteiger partial charge in [0, 0.05) is 26.7 Å². The average molecular weight is 492 g/mol. The summed E-state index contributed by atoms with van der Waals surface area (Å²) < 4.78 is 0. The van der Waals surface area contributed by atoms with E-state index in [0.29, 0.717) is 15.2 Å². The van der Waals surface area contributed by atoms with Crippen LogP contribution in [0.25, 0.3) is 6.08 Å². The molecule has 1 saturated heterocycles. The van der Waals surface area contributed by atoms with Crippen molar-refractivity contribution < 1.29 is 9.59 Å². The van der Waals surface area contributed by atoms with Crippen molar-refractivity contribution in [1.82, 2.24) is 10.3 Å². The highest BCUT2D eigenvalue weighted by Crippen LogP contribution is 2.46. The summed E-state index contributed by atoms with van der Waals surface area (Å²) in [5.41, 5.74) is 3.11. The molecule has 0 aromatic heterocycles. The molecule has 7 nitrogen and oxygen atoms in total. The lowest BCUT2D eigenvalue weighted by Gasteiger charge is -2.30. The molecule has 2 aliphatic heterocycles. The van der Waals surface area contributed by atoms with Crippen LogP contribution < -0.4 is 10.2 Å². The second-order valence-corrected chi connectivity index (χ2v) is 10.4. The first-order valence-corrected chi connectivity index (χ1v) is 12.3. The molecule has 1 fully saturated rings. The number of hydrogen-bond donors (Lipinski definition) is 1. The van der Waals surface area contributed by atoms with Gasteiger partial charge in [-0.3, -0.25) is 9.59 Å². The maximum atomic E-state index is 12.4. The Morgan fingerprint density at radius 2 is 1.85 bits per heavy atom. The minimum absolute atomic E-state index is 0.179. The Morgan fingerprint density at radius 1 is 1.15 bits per heavy atom. The summed E-state index contributed by atoms with van der Waals surface area (Å²) >= 11 is 2.62. The number of benzene rings is 2. The fourth-order valence-electron chi connectivity index (χ4n) is 3.48. The van der Waals surface area contributed by atoms with Gasteiger partial charge in [-0.15, -0.1) is 5.10 Å². The average Bonchev–Trinajstić information content (AvgIpc) is 3.34. The fourth-order valence-corrected chi connectivity index (χ4v) is 5.44. The topological polar surface area (TPSA) is 77.4 Å². The lowest BCUT2D eigenvalue weighted by atomic mass is 10.1. The molecular formula is C25H25N5O2S2. The highest BCUT2D eigenvalue weighted by molar-refractivity contribution is 8.19. The molecule has 0 saturated carbocycles. The van der Waals surface area contributed by atoms with Crippen LogP contribution in [0.1, 0.15) is 25.0 Å². The minimum Gasteiger partial charge on any atom is -0.378 e. The van der Waals surface area contributed by atoms with E-state index < -0.39 is 4.87 Å². The molecule has 2 amide bonds. The number of carbonyl (C=O) groups is 2. The Kier molecular flexibility index (Phi) is 6.95. The SMILES string of the molecule is CC(=O)N1N=C(N=C2NC(=O)/C(=C/C=C/c3ccc(N(C)C)cc3)S2)SC1(C)c1ccccc1. The van der Waals surface area contributed by atoms with E-state index >= 15 is 0 Å². The monoisotopic (exact) mass is 491 g/mol. The van der Waals surface area contributed by atoms with Crippen molar-refractivity contribution >= 4 is 57.4 Å². The van der Waals surface area contributed by atoms with Crippen molar-refractivity contribution in [3.8, 4) is 0 Å². The summed E-state index contributed by atoms with van der Waals surface area (Å²) in [6, 6.07) is 17.8. The molecule has 2 heterocycles. The summed E-state index contributed by atoms with van der Waals surface area (Å²) in [5.74, 6) is -0.393. The van der Waals surface area contributed by atoms with Gasteiger partial charge in [0.15, 0.2) is 5.17 Å². The van der Waals surface area contributed by atoms with E-state index in [9.17, 15) is 9.59 Å². The van der Waals surface area contributed by atoms with E-state index in [2.05, 4.69) is 15.4 Å². The van der Waals surface area contributed by atoms with Gasteiger partial charge in [-0.2, -0.15) is 4.99 Å². The van der Waals surface area contributed by atoms with E-state index in [1.54, 1.807) is 6.08 Å². The van der Waals surface area contributed by atoms with Crippen LogP contribution in [0.2, 0.25) is 0 Å². The van der Waals surface area contributed by atoms with Gasteiger partial charge in [-0.1, -0.05) is 54.6 Å². The predicted octanol–water partition coefficient (Wildman–Crippen LogP) is 4.61. The zero-order valence-electron chi connectivity index (χ0n) is 19.4. The molecule has 34 heavy (non-hydrogen) atoms. The molecule has 4 rings (SSSR count). The van der Waals surface area contributed by atoms with Crippen molar-refractivity contribution in [2.45, 2.75) is 18.7 Å². The van der Waals surface area contributed by atoms with Crippen molar-refractivity contribution in [3.05, 3.63) is 82.8 Å². The summed E-state index contributed by atoms with van der Waals surface area (Å²) in [5, 5.41) is 9.50. The number of allylic oxidation sites excluding steroid dienone is 2. The van der Waals surface area contributed by atoms with Crippen LogP contribution in [0.3, 0.4) is 0 Å². The number of anilines is 1. The lowest BCUT2D eigenvalue weighted by Crippen LogP contribution is -2.37. The number of hydrogen-bond acceptors (Lipinski definition) is 7. The molecule has 0 aliphatic carbocycles. The van der Waals surface area contributed by atoms with Gasteiger partial charge in [0.2, 0.25) is 11.1 Å². The van der Waals surface area contributed by atoms with Crippen LogP contribution in [-0.4, -0.2) is 41.3 Å². The molecule has 1 unspecified atom stereocenters. The summed E-state index contributed by atoms with van der Waals surface area (Å²) in [7, 11) is 4.00. The van der Waals surface area contributed by atoms with Gasteiger partial charge in [-0.05, 0) is 59.8 Å².